The first-order valence-corrected chi connectivity index (χ1v) is 8.50. The monoisotopic (exact) mass is 316 g/mol. The van der Waals surface area contributed by atoms with Crippen molar-refractivity contribution in [3.8, 4) is 0 Å². The quantitative estimate of drug-likeness (QED) is 0.747. The third kappa shape index (κ3) is 3.95. The Balaban J connectivity index is 1.82. The molecule has 104 valence electrons. The summed E-state index contributed by atoms with van der Waals surface area (Å²) in [4.78, 5) is 17.1. The van der Waals surface area contributed by atoms with Gasteiger partial charge in [0.15, 0.2) is 0 Å². The number of hydrogen-bond donors (Lipinski definition) is 0. The van der Waals surface area contributed by atoms with E-state index in [9.17, 15) is 4.79 Å². The van der Waals surface area contributed by atoms with Crippen molar-refractivity contribution in [1.82, 2.24) is 9.80 Å². The molecule has 2 fully saturated rings. The van der Waals surface area contributed by atoms with E-state index in [0.717, 1.165) is 57.3 Å². The van der Waals surface area contributed by atoms with Crippen molar-refractivity contribution in [2.24, 2.45) is 5.92 Å². The zero-order valence-electron chi connectivity index (χ0n) is 11.2. The molecule has 1 aliphatic carbocycles. The minimum atomic E-state index is 0.335. The number of nitrogens with zero attached hydrogens (tertiary/aromatic N) is 2. The van der Waals surface area contributed by atoms with Gasteiger partial charge >= 0.3 is 0 Å². The SMILES string of the molecule is O=C(C1CCCCC1)N1CCCN(CCBr)CC1. The van der Waals surface area contributed by atoms with E-state index in [0.29, 0.717) is 11.8 Å². The molecule has 0 bridgehead atoms. The third-order valence-electron chi connectivity index (χ3n) is 4.26. The van der Waals surface area contributed by atoms with Crippen molar-refractivity contribution in [1.29, 1.82) is 0 Å². The van der Waals surface area contributed by atoms with Gasteiger partial charge in [0.2, 0.25) is 5.91 Å². The standard InChI is InChI=1S/C14H25BrN2O/c15-7-10-16-8-4-9-17(12-11-16)14(18)13-5-2-1-3-6-13/h13H,1-12H2. The van der Waals surface area contributed by atoms with Gasteiger partial charge in [-0.2, -0.15) is 0 Å². The molecule has 0 spiro atoms. The van der Waals surface area contributed by atoms with Crippen molar-refractivity contribution in [3.63, 3.8) is 0 Å². The van der Waals surface area contributed by atoms with Gasteiger partial charge in [-0.05, 0) is 25.8 Å². The average Bonchev–Trinajstić information content (AvgIpc) is 2.65. The van der Waals surface area contributed by atoms with Gasteiger partial charge in [-0.3, -0.25) is 4.79 Å². The second-order valence-corrected chi connectivity index (χ2v) is 6.34. The van der Waals surface area contributed by atoms with E-state index in [4.69, 9.17) is 0 Å². The van der Waals surface area contributed by atoms with Crippen molar-refractivity contribution < 1.29 is 4.79 Å². The van der Waals surface area contributed by atoms with Crippen molar-refractivity contribution >= 4 is 21.8 Å². The van der Waals surface area contributed by atoms with Crippen molar-refractivity contribution in [2.75, 3.05) is 38.1 Å². The summed E-state index contributed by atoms with van der Waals surface area (Å²) in [6.45, 7) is 5.19. The molecule has 0 aromatic heterocycles. The number of carbonyl (C=O) groups is 1. The van der Waals surface area contributed by atoms with Crippen LogP contribution in [0.2, 0.25) is 0 Å². The highest BCUT2D eigenvalue weighted by Crippen LogP contribution is 2.25. The summed E-state index contributed by atoms with van der Waals surface area (Å²) in [5.74, 6) is 0.775. The molecule has 1 heterocycles. The molecule has 0 atom stereocenters. The fourth-order valence-electron chi connectivity index (χ4n) is 3.14. The molecule has 3 nitrogen and oxygen atoms in total. The predicted molar refractivity (Wildman–Crippen MR) is 78.0 cm³/mol. The molecular weight excluding hydrogens is 292 g/mol. The lowest BCUT2D eigenvalue weighted by molar-refractivity contribution is -0.136. The van der Waals surface area contributed by atoms with E-state index >= 15 is 0 Å². The topological polar surface area (TPSA) is 23.6 Å². The van der Waals surface area contributed by atoms with Gasteiger partial charge in [-0.25, -0.2) is 0 Å². The van der Waals surface area contributed by atoms with Crippen LogP contribution in [0.15, 0.2) is 0 Å². The van der Waals surface area contributed by atoms with Crippen LogP contribution in [-0.2, 0) is 4.79 Å². The Hall–Kier alpha value is -0.0900. The molecule has 18 heavy (non-hydrogen) atoms. The van der Waals surface area contributed by atoms with Gasteiger partial charge in [0, 0.05) is 37.4 Å². The maximum Gasteiger partial charge on any atom is 0.225 e. The zero-order chi connectivity index (χ0) is 12.8. The Morgan fingerprint density at radius 2 is 1.78 bits per heavy atom. The number of amides is 1. The summed E-state index contributed by atoms with van der Waals surface area (Å²) < 4.78 is 0. The first-order chi connectivity index (χ1) is 8.81. The molecule has 0 unspecified atom stereocenters. The summed E-state index contributed by atoms with van der Waals surface area (Å²) in [5, 5.41) is 1.03. The molecule has 1 saturated carbocycles. The maximum atomic E-state index is 12.5. The van der Waals surface area contributed by atoms with Crippen LogP contribution in [0, 0.1) is 5.92 Å². The Bertz CT molecular complexity index is 267. The van der Waals surface area contributed by atoms with Gasteiger partial charge in [-0.15, -0.1) is 0 Å². The predicted octanol–water partition coefficient (Wildman–Crippen LogP) is 2.50. The highest BCUT2D eigenvalue weighted by atomic mass is 79.9. The Morgan fingerprint density at radius 1 is 1.00 bits per heavy atom. The van der Waals surface area contributed by atoms with Crippen LogP contribution in [0.5, 0.6) is 0 Å². The van der Waals surface area contributed by atoms with Crippen molar-refractivity contribution in [2.45, 2.75) is 38.5 Å². The van der Waals surface area contributed by atoms with E-state index in [1.54, 1.807) is 0 Å². The van der Waals surface area contributed by atoms with Crippen LogP contribution in [0.4, 0.5) is 0 Å². The smallest absolute Gasteiger partial charge is 0.225 e. The molecule has 0 aromatic rings. The van der Waals surface area contributed by atoms with E-state index < -0.39 is 0 Å². The first kappa shape index (κ1) is 14.3. The Labute approximate surface area is 119 Å². The minimum Gasteiger partial charge on any atom is -0.341 e. The molecule has 1 aliphatic heterocycles. The highest BCUT2D eigenvalue weighted by Gasteiger charge is 2.27. The fraction of sp³-hybridized carbons (Fsp3) is 0.929. The number of hydrogen-bond acceptors (Lipinski definition) is 2. The number of carbonyl (C=O) groups excluding carboxylic acids is 1. The second-order valence-electron chi connectivity index (χ2n) is 5.54. The lowest BCUT2D eigenvalue weighted by Gasteiger charge is -2.28. The molecule has 0 N–H and O–H groups in total. The van der Waals surface area contributed by atoms with Crippen LogP contribution in [0.3, 0.4) is 0 Å². The molecule has 1 saturated heterocycles. The largest absolute Gasteiger partial charge is 0.341 e. The Kier molecular flexibility index (Phi) is 5.96. The minimum absolute atomic E-state index is 0.335. The van der Waals surface area contributed by atoms with Crippen LogP contribution in [0.25, 0.3) is 0 Å². The van der Waals surface area contributed by atoms with Crippen LogP contribution < -0.4 is 0 Å². The summed E-state index contributed by atoms with van der Waals surface area (Å²) in [5.41, 5.74) is 0. The summed E-state index contributed by atoms with van der Waals surface area (Å²) in [6, 6.07) is 0. The van der Waals surface area contributed by atoms with E-state index in [1.807, 2.05) is 0 Å². The lowest BCUT2D eigenvalue weighted by atomic mass is 9.88. The molecule has 2 aliphatic rings. The summed E-state index contributed by atoms with van der Waals surface area (Å²) >= 11 is 3.49. The Morgan fingerprint density at radius 3 is 2.50 bits per heavy atom. The van der Waals surface area contributed by atoms with E-state index in [-0.39, 0.29) is 0 Å². The maximum absolute atomic E-state index is 12.5. The average molecular weight is 317 g/mol. The summed E-state index contributed by atoms with van der Waals surface area (Å²) in [6.07, 6.45) is 7.20. The number of halogens is 1. The molecule has 2 rings (SSSR count). The van der Waals surface area contributed by atoms with Gasteiger partial charge in [-0.1, -0.05) is 35.2 Å². The van der Waals surface area contributed by atoms with Crippen LogP contribution >= 0.6 is 15.9 Å². The third-order valence-corrected chi connectivity index (χ3v) is 4.61. The molecule has 0 aromatic carbocycles. The number of rotatable bonds is 3. The van der Waals surface area contributed by atoms with Gasteiger partial charge in [0.05, 0.1) is 0 Å². The second kappa shape index (κ2) is 7.49. The molecule has 4 heteroatoms. The van der Waals surface area contributed by atoms with Crippen molar-refractivity contribution in [3.05, 3.63) is 0 Å². The normalized spacial score (nSPS) is 23.9. The molecule has 0 radical (unpaired) electrons. The first-order valence-electron chi connectivity index (χ1n) is 7.38. The van der Waals surface area contributed by atoms with E-state index in [2.05, 4.69) is 25.7 Å². The van der Waals surface area contributed by atoms with Gasteiger partial charge in [0.1, 0.15) is 0 Å². The van der Waals surface area contributed by atoms with Crippen LogP contribution in [-0.4, -0.2) is 53.8 Å². The fourth-order valence-corrected chi connectivity index (χ4v) is 3.64. The zero-order valence-corrected chi connectivity index (χ0v) is 12.8. The van der Waals surface area contributed by atoms with Crippen LogP contribution in [0.1, 0.15) is 38.5 Å². The summed E-state index contributed by atoms with van der Waals surface area (Å²) in [7, 11) is 0. The molecular formula is C14H25BrN2O. The van der Waals surface area contributed by atoms with Gasteiger partial charge < -0.3 is 9.80 Å². The number of alkyl halides is 1. The van der Waals surface area contributed by atoms with Gasteiger partial charge in [0.25, 0.3) is 0 Å². The lowest BCUT2D eigenvalue weighted by Crippen LogP contribution is -2.39. The highest BCUT2D eigenvalue weighted by molar-refractivity contribution is 9.09. The molecule has 1 amide bonds. The van der Waals surface area contributed by atoms with E-state index in [1.165, 1.54) is 19.3 Å².